The van der Waals surface area contributed by atoms with Gasteiger partial charge in [0.25, 0.3) is 0 Å². The Kier molecular flexibility index (Phi) is 4.76. The third-order valence-electron chi connectivity index (χ3n) is 4.15. The summed E-state index contributed by atoms with van der Waals surface area (Å²) in [7, 11) is 0. The number of rotatable bonds is 4. The lowest BCUT2D eigenvalue weighted by molar-refractivity contribution is 0.316. The van der Waals surface area contributed by atoms with Gasteiger partial charge in [0.2, 0.25) is 0 Å². The molecule has 1 fully saturated rings. The van der Waals surface area contributed by atoms with Crippen LogP contribution in [-0.4, -0.2) is 6.04 Å². The fourth-order valence-corrected chi connectivity index (χ4v) is 3.11. The quantitative estimate of drug-likeness (QED) is 0.858. The first-order valence-electron chi connectivity index (χ1n) is 7.16. The van der Waals surface area contributed by atoms with E-state index in [1.807, 2.05) is 13.0 Å². The molecule has 0 bridgehead atoms. The second kappa shape index (κ2) is 6.33. The van der Waals surface area contributed by atoms with Crippen molar-refractivity contribution < 1.29 is 4.39 Å². The van der Waals surface area contributed by atoms with E-state index < -0.39 is 0 Å². The molecule has 1 aromatic rings. The number of aryl methyl sites for hydroxylation is 1. The molecule has 1 aliphatic rings. The van der Waals surface area contributed by atoms with E-state index in [0.29, 0.717) is 0 Å². The number of halogens is 1. The average Bonchev–Trinajstić information content (AvgIpc) is 2.34. The lowest BCUT2D eigenvalue weighted by atomic mass is 9.83. The summed E-state index contributed by atoms with van der Waals surface area (Å²) < 4.78 is 13.0. The Hall–Kier alpha value is -0.890. The van der Waals surface area contributed by atoms with Gasteiger partial charge in [0.05, 0.1) is 0 Å². The maximum Gasteiger partial charge on any atom is 0.123 e. The summed E-state index contributed by atoms with van der Waals surface area (Å²) in [4.78, 5) is 0. The van der Waals surface area contributed by atoms with Gasteiger partial charge in [-0.25, -0.2) is 4.39 Å². The van der Waals surface area contributed by atoms with Crippen LogP contribution in [0.25, 0.3) is 0 Å². The summed E-state index contributed by atoms with van der Waals surface area (Å²) in [5.74, 6) is 0.659. The molecule has 100 valence electrons. The second-order valence-electron chi connectivity index (χ2n) is 5.77. The summed E-state index contributed by atoms with van der Waals surface area (Å²) in [6.45, 7) is 1.96. The molecule has 1 aromatic carbocycles. The van der Waals surface area contributed by atoms with Crippen molar-refractivity contribution in [3.63, 3.8) is 0 Å². The highest BCUT2D eigenvalue weighted by atomic mass is 19.1. The van der Waals surface area contributed by atoms with E-state index in [9.17, 15) is 4.39 Å². The molecule has 0 radical (unpaired) electrons. The molecule has 1 saturated carbocycles. The van der Waals surface area contributed by atoms with Crippen LogP contribution in [0, 0.1) is 18.7 Å². The Balaban J connectivity index is 1.87. The number of hydrogen-bond acceptors (Lipinski definition) is 1. The summed E-state index contributed by atoms with van der Waals surface area (Å²) in [5.41, 5.74) is 8.47. The van der Waals surface area contributed by atoms with Crippen LogP contribution in [0.5, 0.6) is 0 Å². The smallest absolute Gasteiger partial charge is 0.123 e. The van der Waals surface area contributed by atoms with E-state index in [1.54, 1.807) is 6.07 Å². The molecule has 0 aromatic heterocycles. The zero-order valence-corrected chi connectivity index (χ0v) is 11.3. The molecule has 1 unspecified atom stereocenters. The van der Waals surface area contributed by atoms with Crippen LogP contribution >= 0.6 is 0 Å². The maximum absolute atomic E-state index is 13.0. The second-order valence-corrected chi connectivity index (χ2v) is 5.77. The van der Waals surface area contributed by atoms with E-state index in [2.05, 4.69) is 0 Å². The maximum atomic E-state index is 13.0. The monoisotopic (exact) mass is 249 g/mol. The summed E-state index contributed by atoms with van der Waals surface area (Å²) in [5, 5.41) is 0. The van der Waals surface area contributed by atoms with Crippen LogP contribution in [0.2, 0.25) is 0 Å². The van der Waals surface area contributed by atoms with Gasteiger partial charge in [-0.05, 0) is 48.9 Å². The molecule has 1 aliphatic carbocycles. The Labute approximate surface area is 110 Å². The molecule has 18 heavy (non-hydrogen) atoms. The van der Waals surface area contributed by atoms with Gasteiger partial charge in [-0.2, -0.15) is 0 Å². The van der Waals surface area contributed by atoms with E-state index >= 15 is 0 Å². The van der Waals surface area contributed by atoms with Crippen LogP contribution in [0.4, 0.5) is 4.39 Å². The molecular weight excluding hydrogens is 225 g/mol. The summed E-state index contributed by atoms with van der Waals surface area (Å²) >= 11 is 0. The van der Waals surface area contributed by atoms with Crippen molar-refractivity contribution in [2.45, 2.75) is 57.9 Å². The zero-order valence-electron chi connectivity index (χ0n) is 11.3. The first kappa shape index (κ1) is 13.5. The minimum atomic E-state index is -0.155. The lowest BCUT2D eigenvalue weighted by Crippen LogP contribution is -2.27. The normalized spacial score (nSPS) is 18.8. The van der Waals surface area contributed by atoms with Crippen molar-refractivity contribution in [2.75, 3.05) is 0 Å². The Morgan fingerprint density at radius 3 is 2.67 bits per heavy atom. The number of hydrogen-bond donors (Lipinski definition) is 1. The number of nitrogens with two attached hydrogens (primary N) is 1. The van der Waals surface area contributed by atoms with E-state index in [4.69, 9.17) is 5.73 Å². The van der Waals surface area contributed by atoms with Crippen molar-refractivity contribution in [1.82, 2.24) is 0 Å². The average molecular weight is 249 g/mol. The van der Waals surface area contributed by atoms with Crippen LogP contribution in [-0.2, 0) is 6.42 Å². The first-order valence-corrected chi connectivity index (χ1v) is 7.16. The molecule has 2 rings (SSSR count). The largest absolute Gasteiger partial charge is 0.327 e. The third-order valence-corrected chi connectivity index (χ3v) is 4.15. The van der Waals surface area contributed by atoms with E-state index in [-0.39, 0.29) is 11.9 Å². The molecule has 0 saturated heterocycles. The molecule has 0 heterocycles. The Bertz CT molecular complexity index is 383. The molecule has 2 N–H and O–H groups in total. The minimum Gasteiger partial charge on any atom is -0.327 e. The highest BCUT2D eigenvalue weighted by Gasteiger charge is 2.17. The van der Waals surface area contributed by atoms with Gasteiger partial charge in [-0.3, -0.25) is 0 Å². The minimum absolute atomic E-state index is 0.155. The summed E-state index contributed by atoms with van der Waals surface area (Å²) in [6, 6.07) is 5.24. The van der Waals surface area contributed by atoms with Gasteiger partial charge >= 0.3 is 0 Å². The summed E-state index contributed by atoms with van der Waals surface area (Å²) in [6.07, 6.45) is 8.81. The molecule has 1 nitrogen and oxygen atoms in total. The van der Waals surface area contributed by atoms with Crippen molar-refractivity contribution in [1.29, 1.82) is 0 Å². The van der Waals surface area contributed by atoms with Gasteiger partial charge in [0.15, 0.2) is 0 Å². The highest BCUT2D eigenvalue weighted by Crippen LogP contribution is 2.27. The van der Waals surface area contributed by atoms with E-state index in [1.165, 1.54) is 43.7 Å². The molecule has 1 atom stereocenters. The Morgan fingerprint density at radius 1 is 1.28 bits per heavy atom. The fourth-order valence-electron chi connectivity index (χ4n) is 3.11. The highest BCUT2D eigenvalue weighted by molar-refractivity contribution is 5.27. The Morgan fingerprint density at radius 2 is 2.00 bits per heavy atom. The van der Waals surface area contributed by atoms with Crippen molar-refractivity contribution in [3.05, 3.63) is 35.1 Å². The van der Waals surface area contributed by atoms with Gasteiger partial charge in [0, 0.05) is 6.04 Å². The molecule has 0 amide bonds. The van der Waals surface area contributed by atoms with Crippen LogP contribution in [0.15, 0.2) is 18.2 Å². The SMILES string of the molecule is Cc1cc(F)ccc1CC(N)CC1CCCCC1. The standard InChI is InChI=1S/C16H24FN/c1-12-9-15(17)8-7-14(12)11-16(18)10-13-5-3-2-4-6-13/h7-9,13,16H,2-6,10-11,18H2,1H3. The molecule has 0 spiro atoms. The third kappa shape index (κ3) is 3.81. The number of benzene rings is 1. The van der Waals surface area contributed by atoms with Gasteiger partial charge in [-0.1, -0.05) is 38.2 Å². The predicted molar refractivity (Wildman–Crippen MR) is 74.0 cm³/mol. The van der Waals surface area contributed by atoms with Crippen molar-refractivity contribution >= 4 is 0 Å². The molecular formula is C16H24FN. The topological polar surface area (TPSA) is 26.0 Å². The molecule has 0 aliphatic heterocycles. The predicted octanol–water partition coefficient (Wildman–Crippen LogP) is 3.97. The first-order chi connectivity index (χ1) is 8.65. The lowest BCUT2D eigenvalue weighted by Gasteiger charge is -2.24. The van der Waals surface area contributed by atoms with E-state index in [0.717, 1.165) is 24.3 Å². The van der Waals surface area contributed by atoms with Crippen LogP contribution < -0.4 is 5.73 Å². The van der Waals surface area contributed by atoms with Crippen molar-refractivity contribution in [2.24, 2.45) is 11.7 Å². The fraction of sp³-hybridized carbons (Fsp3) is 0.625. The zero-order chi connectivity index (χ0) is 13.0. The van der Waals surface area contributed by atoms with Crippen LogP contribution in [0.1, 0.15) is 49.7 Å². The van der Waals surface area contributed by atoms with Crippen LogP contribution in [0.3, 0.4) is 0 Å². The van der Waals surface area contributed by atoms with Crippen molar-refractivity contribution in [3.8, 4) is 0 Å². The van der Waals surface area contributed by atoms with Gasteiger partial charge in [0.1, 0.15) is 5.82 Å². The van der Waals surface area contributed by atoms with Gasteiger partial charge in [-0.15, -0.1) is 0 Å². The van der Waals surface area contributed by atoms with Gasteiger partial charge < -0.3 is 5.73 Å². The molecule has 2 heteroatoms.